The molecule has 1 N–H and O–H groups in total. The summed E-state index contributed by atoms with van der Waals surface area (Å²) in [5, 5.41) is 2.75. The van der Waals surface area contributed by atoms with Crippen molar-refractivity contribution in [2.24, 2.45) is 0 Å². The van der Waals surface area contributed by atoms with Crippen molar-refractivity contribution in [3.8, 4) is 11.5 Å². The van der Waals surface area contributed by atoms with Crippen LogP contribution in [0.1, 0.15) is 5.56 Å². The van der Waals surface area contributed by atoms with Gasteiger partial charge in [-0.2, -0.15) is 0 Å². The SMILES string of the molecule is C=CCNC(=O)Cc1ccc(Oc2ccccc2)cc1. The topological polar surface area (TPSA) is 38.3 Å². The minimum absolute atomic E-state index is 0.0124. The van der Waals surface area contributed by atoms with Gasteiger partial charge >= 0.3 is 0 Å². The maximum Gasteiger partial charge on any atom is 0.224 e. The minimum atomic E-state index is -0.0124. The van der Waals surface area contributed by atoms with Crippen LogP contribution < -0.4 is 10.1 Å². The van der Waals surface area contributed by atoms with Crippen LogP contribution in [0, 0.1) is 0 Å². The summed E-state index contributed by atoms with van der Waals surface area (Å²) in [5.41, 5.74) is 0.951. The monoisotopic (exact) mass is 267 g/mol. The number of benzene rings is 2. The fraction of sp³-hybridized carbons (Fsp3) is 0.118. The number of carbonyl (C=O) groups is 1. The Morgan fingerprint density at radius 1 is 1.05 bits per heavy atom. The molecule has 0 saturated heterocycles. The molecule has 0 unspecified atom stereocenters. The number of para-hydroxylation sites is 1. The Kier molecular flexibility index (Phi) is 4.95. The van der Waals surface area contributed by atoms with Crippen molar-refractivity contribution in [1.82, 2.24) is 5.32 Å². The molecule has 2 rings (SSSR count). The zero-order valence-corrected chi connectivity index (χ0v) is 11.2. The third kappa shape index (κ3) is 4.28. The van der Waals surface area contributed by atoms with Crippen LogP contribution in [0.3, 0.4) is 0 Å². The number of hydrogen-bond acceptors (Lipinski definition) is 2. The van der Waals surface area contributed by atoms with E-state index in [0.717, 1.165) is 17.1 Å². The van der Waals surface area contributed by atoms with Crippen LogP contribution in [-0.4, -0.2) is 12.5 Å². The van der Waals surface area contributed by atoms with Crippen molar-refractivity contribution in [2.75, 3.05) is 6.54 Å². The van der Waals surface area contributed by atoms with Crippen molar-refractivity contribution in [3.05, 3.63) is 72.8 Å². The van der Waals surface area contributed by atoms with Crippen LogP contribution in [0.2, 0.25) is 0 Å². The summed E-state index contributed by atoms with van der Waals surface area (Å²) in [6.07, 6.45) is 2.02. The molecule has 0 heterocycles. The second-order valence-corrected chi connectivity index (χ2v) is 4.33. The first kappa shape index (κ1) is 13.9. The van der Waals surface area contributed by atoms with Crippen molar-refractivity contribution in [2.45, 2.75) is 6.42 Å². The summed E-state index contributed by atoms with van der Waals surface area (Å²) in [5.74, 6) is 1.54. The van der Waals surface area contributed by atoms with E-state index in [4.69, 9.17) is 4.74 Å². The Morgan fingerprint density at radius 3 is 2.35 bits per heavy atom. The Labute approximate surface area is 118 Å². The number of nitrogens with one attached hydrogen (secondary N) is 1. The first-order valence-corrected chi connectivity index (χ1v) is 6.47. The van der Waals surface area contributed by atoms with Crippen LogP contribution >= 0.6 is 0 Å². The van der Waals surface area contributed by atoms with E-state index in [-0.39, 0.29) is 5.91 Å². The lowest BCUT2D eigenvalue weighted by molar-refractivity contribution is -0.120. The highest BCUT2D eigenvalue weighted by atomic mass is 16.5. The molecule has 0 atom stereocenters. The number of ether oxygens (including phenoxy) is 1. The zero-order valence-electron chi connectivity index (χ0n) is 11.2. The van der Waals surface area contributed by atoms with Gasteiger partial charge in [0.2, 0.25) is 5.91 Å². The van der Waals surface area contributed by atoms with E-state index in [1.807, 2.05) is 54.6 Å². The highest BCUT2D eigenvalue weighted by Gasteiger charge is 2.02. The smallest absolute Gasteiger partial charge is 0.224 e. The predicted molar refractivity (Wildman–Crippen MR) is 79.9 cm³/mol. The summed E-state index contributed by atoms with van der Waals surface area (Å²) in [4.78, 5) is 11.6. The van der Waals surface area contributed by atoms with Gasteiger partial charge in [0.15, 0.2) is 0 Å². The van der Waals surface area contributed by atoms with Gasteiger partial charge in [0.25, 0.3) is 0 Å². The van der Waals surface area contributed by atoms with Gasteiger partial charge < -0.3 is 10.1 Å². The van der Waals surface area contributed by atoms with E-state index < -0.39 is 0 Å². The molecule has 1 amide bonds. The minimum Gasteiger partial charge on any atom is -0.457 e. The Bertz CT molecular complexity index is 561. The third-order valence-corrected chi connectivity index (χ3v) is 2.71. The normalized spacial score (nSPS) is 9.80. The molecule has 20 heavy (non-hydrogen) atoms. The van der Waals surface area contributed by atoms with Gasteiger partial charge in [-0.05, 0) is 29.8 Å². The molecule has 0 saturated carbocycles. The van der Waals surface area contributed by atoms with E-state index in [0.29, 0.717) is 13.0 Å². The lowest BCUT2D eigenvalue weighted by atomic mass is 10.1. The molecule has 0 fully saturated rings. The van der Waals surface area contributed by atoms with Gasteiger partial charge in [-0.3, -0.25) is 4.79 Å². The predicted octanol–water partition coefficient (Wildman–Crippen LogP) is 3.32. The van der Waals surface area contributed by atoms with Gasteiger partial charge in [0, 0.05) is 6.54 Å². The summed E-state index contributed by atoms with van der Waals surface area (Å²) >= 11 is 0. The quantitative estimate of drug-likeness (QED) is 0.815. The molecule has 0 spiro atoms. The standard InChI is InChI=1S/C17H17NO2/c1-2-12-18-17(19)13-14-8-10-16(11-9-14)20-15-6-4-3-5-7-15/h2-11H,1,12-13H2,(H,18,19). The number of amides is 1. The van der Waals surface area contributed by atoms with Gasteiger partial charge in [0.1, 0.15) is 11.5 Å². The van der Waals surface area contributed by atoms with Gasteiger partial charge in [-0.1, -0.05) is 36.4 Å². The Hall–Kier alpha value is -2.55. The van der Waals surface area contributed by atoms with Crippen LogP contribution in [0.5, 0.6) is 11.5 Å². The molecule has 0 radical (unpaired) electrons. The fourth-order valence-electron chi connectivity index (χ4n) is 1.73. The Morgan fingerprint density at radius 2 is 1.70 bits per heavy atom. The lowest BCUT2D eigenvalue weighted by Gasteiger charge is -2.07. The lowest BCUT2D eigenvalue weighted by Crippen LogP contribution is -2.24. The van der Waals surface area contributed by atoms with E-state index in [1.165, 1.54) is 0 Å². The first-order chi connectivity index (χ1) is 9.78. The molecule has 3 nitrogen and oxygen atoms in total. The van der Waals surface area contributed by atoms with Crippen LogP contribution in [0.15, 0.2) is 67.3 Å². The third-order valence-electron chi connectivity index (χ3n) is 2.71. The number of hydrogen-bond donors (Lipinski definition) is 1. The molecular formula is C17H17NO2. The van der Waals surface area contributed by atoms with Crippen LogP contribution in [0.25, 0.3) is 0 Å². The average Bonchev–Trinajstić information content (AvgIpc) is 2.48. The molecule has 0 aromatic heterocycles. The van der Waals surface area contributed by atoms with Gasteiger partial charge in [-0.15, -0.1) is 6.58 Å². The summed E-state index contributed by atoms with van der Waals surface area (Å²) in [7, 11) is 0. The second-order valence-electron chi connectivity index (χ2n) is 4.33. The van der Waals surface area contributed by atoms with E-state index >= 15 is 0 Å². The molecule has 0 aliphatic heterocycles. The largest absolute Gasteiger partial charge is 0.457 e. The number of rotatable bonds is 6. The van der Waals surface area contributed by atoms with Gasteiger partial charge in [-0.25, -0.2) is 0 Å². The summed E-state index contributed by atoms with van der Waals surface area (Å²) < 4.78 is 5.69. The van der Waals surface area contributed by atoms with Crippen molar-refractivity contribution >= 4 is 5.91 Å². The molecule has 0 aliphatic rings. The molecule has 2 aromatic rings. The van der Waals surface area contributed by atoms with Crippen molar-refractivity contribution in [1.29, 1.82) is 0 Å². The fourth-order valence-corrected chi connectivity index (χ4v) is 1.73. The second kappa shape index (κ2) is 7.14. The number of carbonyl (C=O) groups excluding carboxylic acids is 1. The highest BCUT2D eigenvalue weighted by molar-refractivity contribution is 5.78. The van der Waals surface area contributed by atoms with Crippen molar-refractivity contribution < 1.29 is 9.53 Å². The molecule has 0 bridgehead atoms. The molecular weight excluding hydrogens is 250 g/mol. The van der Waals surface area contributed by atoms with Gasteiger partial charge in [0.05, 0.1) is 6.42 Å². The van der Waals surface area contributed by atoms with E-state index in [2.05, 4.69) is 11.9 Å². The highest BCUT2D eigenvalue weighted by Crippen LogP contribution is 2.21. The molecule has 3 heteroatoms. The first-order valence-electron chi connectivity index (χ1n) is 6.47. The van der Waals surface area contributed by atoms with E-state index in [1.54, 1.807) is 6.08 Å². The maximum absolute atomic E-state index is 11.6. The zero-order chi connectivity index (χ0) is 14.2. The average molecular weight is 267 g/mol. The van der Waals surface area contributed by atoms with Crippen molar-refractivity contribution in [3.63, 3.8) is 0 Å². The molecule has 102 valence electrons. The molecule has 0 aliphatic carbocycles. The van der Waals surface area contributed by atoms with Crippen LogP contribution in [-0.2, 0) is 11.2 Å². The molecule has 2 aromatic carbocycles. The van der Waals surface area contributed by atoms with E-state index in [9.17, 15) is 4.79 Å². The summed E-state index contributed by atoms with van der Waals surface area (Å²) in [6, 6.07) is 17.1. The summed E-state index contributed by atoms with van der Waals surface area (Å²) in [6.45, 7) is 4.05. The Balaban J connectivity index is 1.93. The van der Waals surface area contributed by atoms with Crippen LogP contribution in [0.4, 0.5) is 0 Å². The maximum atomic E-state index is 11.6.